The molecule has 1 heterocycles. The van der Waals surface area contributed by atoms with Crippen LogP contribution in [0.4, 0.5) is 0 Å². The van der Waals surface area contributed by atoms with Crippen molar-refractivity contribution in [3.05, 3.63) is 63.4 Å². The molecule has 1 aromatic carbocycles. The molecule has 0 fully saturated rings. The molecule has 0 saturated heterocycles. The number of carbonyl (C=O) groups excluding carboxylic acids is 2. The van der Waals surface area contributed by atoms with E-state index < -0.39 is 5.92 Å². The average molecular weight is 316 g/mol. The average Bonchev–Trinajstić information content (AvgIpc) is 2.67. The predicted molar refractivity (Wildman–Crippen MR) is 74.5 cm³/mol. The smallest absolute Gasteiger partial charge is 0.178 e. The first-order valence-corrected chi connectivity index (χ1v) is 6.68. The first-order chi connectivity index (χ1) is 9.11. The van der Waals surface area contributed by atoms with Gasteiger partial charge in [-0.05, 0) is 34.0 Å². The first-order valence-electron chi connectivity index (χ1n) is 5.88. The summed E-state index contributed by atoms with van der Waals surface area (Å²) >= 11 is 3.38. The van der Waals surface area contributed by atoms with E-state index in [0.717, 1.165) is 10.0 Å². The van der Waals surface area contributed by atoms with Gasteiger partial charge in [0, 0.05) is 28.0 Å². The molecule has 0 aliphatic heterocycles. The van der Waals surface area contributed by atoms with Crippen LogP contribution in [-0.4, -0.2) is 16.6 Å². The fourth-order valence-electron chi connectivity index (χ4n) is 2.43. The molecule has 3 nitrogen and oxygen atoms in total. The van der Waals surface area contributed by atoms with Crippen LogP contribution >= 0.6 is 15.9 Å². The number of nitrogens with zero attached hydrogens (tertiary/aromatic N) is 1. The van der Waals surface area contributed by atoms with E-state index in [4.69, 9.17) is 0 Å². The van der Waals surface area contributed by atoms with E-state index in [1.807, 2.05) is 6.92 Å². The molecule has 3 rings (SSSR count). The topological polar surface area (TPSA) is 47.0 Å². The third-order valence-corrected chi connectivity index (χ3v) is 4.29. The Hall–Kier alpha value is -1.81. The summed E-state index contributed by atoms with van der Waals surface area (Å²) in [6.07, 6.45) is 3.27. The molecule has 2 aromatic rings. The first kappa shape index (κ1) is 12.2. The Labute approximate surface area is 118 Å². The number of hydrogen-bond acceptors (Lipinski definition) is 3. The molecule has 4 heteroatoms. The van der Waals surface area contributed by atoms with Gasteiger partial charge in [-0.15, -0.1) is 0 Å². The van der Waals surface area contributed by atoms with E-state index >= 15 is 0 Å². The van der Waals surface area contributed by atoms with E-state index in [2.05, 4.69) is 20.9 Å². The highest BCUT2D eigenvalue weighted by molar-refractivity contribution is 9.10. The van der Waals surface area contributed by atoms with Crippen molar-refractivity contribution < 1.29 is 9.59 Å². The molecular weight excluding hydrogens is 306 g/mol. The van der Waals surface area contributed by atoms with Gasteiger partial charge in [0.05, 0.1) is 0 Å². The summed E-state index contributed by atoms with van der Waals surface area (Å²) in [7, 11) is 0. The number of pyridine rings is 1. The third kappa shape index (κ3) is 1.75. The maximum atomic E-state index is 12.4. The van der Waals surface area contributed by atoms with Gasteiger partial charge in [0.2, 0.25) is 0 Å². The second kappa shape index (κ2) is 4.38. The molecule has 0 atom stereocenters. The minimum absolute atomic E-state index is 0.136. The van der Waals surface area contributed by atoms with Crippen LogP contribution < -0.4 is 0 Å². The van der Waals surface area contributed by atoms with Gasteiger partial charge in [-0.3, -0.25) is 14.6 Å². The Morgan fingerprint density at radius 2 is 1.63 bits per heavy atom. The molecule has 0 N–H and O–H groups in total. The fourth-order valence-corrected chi connectivity index (χ4v) is 2.78. The normalized spacial score (nSPS) is 14.8. The molecule has 19 heavy (non-hydrogen) atoms. The second-order valence-electron chi connectivity index (χ2n) is 4.54. The summed E-state index contributed by atoms with van der Waals surface area (Å²) in [6.45, 7) is 1.88. The summed E-state index contributed by atoms with van der Waals surface area (Å²) < 4.78 is 0.807. The standard InChI is InChI=1S/C15H10BrNO2/c1-8-11(6-17-7-12(8)16)13-14(18)9-4-2-3-5-10(9)15(13)19/h2-7,13H,1H3. The number of halogens is 1. The van der Waals surface area contributed by atoms with Crippen LogP contribution in [0.1, 0.15) is 37.8 Å². The molecule has 0 spiro atoms. The summed E-state index contributed by atoms with van der Waals surface area (Å²) in [5.74, 6) is -1.02. The summed E-state index contributed by atoms with van der Waals surface area (Å²) in [5.41, 5.74) is 2.59. The predicted octanol–water partition coefficient (Wildman–Crippen LogP) is 3.32. The van der Waals surface area contributed by atoms with E-state index in [1.54, 1.807) is 36.7 Å². The van der Waals surface area contributed by atoms with Gasteiger partial charge in [-0.25, -0.2) is 0 Å². The second-order valence-corrected chi connectivity index (χ2v) is 5.40. The van der Waals surface area contributed by atoms with E-state index in [9.17, 15) is 9.59 Å². The zero-order valence-electron chi connectivity index (χ0n) is 10.2. The maximum Gasteiger partial charge on any atom is 0.178 e. The number of benzene rings is 1. The van der Waals surface area contributed by atoms with Crippen molar-refractivity contribution in [2.75, 3.05) is 0 Å². The van der Waals surface area contributed by atoms with Crippen LogP contribution in [0.3, 0.4) is 0 Å². The SMILES string of the molecule is Cc1c(Br)cncc1C1C(=O)c2ccccc2C1=O. The molecule has 1 aliphatic carbocycles. The largest absolute Gasteiger partial charge is 0.293 e. The van der Waals surface area contributed by atoms with Crippen LogP contribution in [-0.2, 0) is 0 Å². The molecule has 0 unspecified atom stereocenters. The van der Waals surface area contributed by atoms with Gasteiger partial charge in [0.1, 0.15) is 5.92 Å². The van der Waals surface area contributed by atoms with Gasteiger partial charge in [-0.1, -0.05) is 24.3 Å². The number of fused-ring (bicyclic) bond motifs is 1. The number of Topliss-reactive ketones (excluding diaryl/α,β-unsaturated/α-hetero) is 2. The van der Waals surface area contributed by atoms with Crippen LogP contribution in [0.2, 0.25) is 0 Å². The Kier molecular flexibility index (Phi) is 2.82. The minimum atomic E-state index is -0.748. The molecule has 1 aromatic heterocycles. The molecule has 0 saturated carbocycles. The zero-order chi connectivity index (χ0) is 13.6. The third-order valence-electron chi connectivity index (χ3n) is 3.49. The monoisotopic (exact) mass is 315 g/mol. The van der Waals surface area contributed by atoms with Crippen molar-refractivity contribution in [3.8, 4) is 0 Å². The Bertz CT molecular complexity index is 674. The fraction of sp³-hybridized carbons (Fsp3) is 0.133. The Morgan fingerprint density at radius 3 is 2.21 bits per heavy atom. The van der Waals surface area contributed by atoms with Crippen molar-refractivity contribution in [2.24, 2.45) is 0 Å². The van der Waals surface area contributed by atoms with Crippen LogP contribution in [0.5, 0.6) is 0 Å². The molecule has 1 aliphatic rings. The Morgan fingerprint density at radius 1 is 1.05 bits per heavy atom. The molecule has 0 radical (unpaired) electrons. The lowest BCUT2D eigenvalue weighted by Crippen LogP contribution is -2.14. The van der Waals surface area contributed by atoms with E-state index in [0.29, 0.717) is 16.7 Å². The lowest BCUT2D eigenvalue weighted by molar-refractivity contribution is 0.0889. The molecule has 94 valence electrons. The van der Waals surface area contributed by atoms with Crippen LogP contribution in [0.25, 0.3) is 0 Å². The lowest BCUT2D eigenvalue weighted by atomic mass is 9.92. The van der Waals surface area contributed by atoms with Crippen LogP contribution in [0.15, 0.2) is 41.1 Å². The lowest BCUT2D eigenvalue weighted by Gasteiger charge is -2.11. The summed E-state index contributed by atoms with van der Waals surface area (Å²) in [5, 5.41) is 0. The van der Waals surface area contributed by atoms with Gasteiger partial charge >= 0.3 is 0 Å². The minimum Gasteiger partial charge on any atom is -0.293 e. The molecule has 0 amide bonds. The van der Waals surface area contributed by atoms with Gasteiger partial charge in [0.15, 0.2) is 11.6 Å². The number of ketones is 2. The van der Waals surface area contributed by atoms with Gasteiger partial charge < -0.3 is 0 Å². The molecule has 0 bridgehead atoms. The number of hydrogen-bond donors (Lipinski definition) is 0. The maximum absolute atomic E-state index is 12.4. The van der Waals surface area contributed by atoms with Crippen molar-refractivity contribution in [2.45, 2.75) is 12.8 Å². The van der Waals surface area contributed by atoms with Crippen molar-refractivity contribution in [1.29, 1.82) is 0 Å². The zero-order valence-corrected chi connectivity index (χ0v) is 11.8. The Balaban J connectivity index is 2.17. The van der Waals surface area contributed by atoms with E-state index in [-0.39, 0.29) is 11.6 Å². The number of rotatable bonds is 1. The van der Waals surface area contributed by atoms with Crippen LogP contribution in [0, 0.1) is 6.92 Å². The quantitative estimate of drug-likeness (QED) is 0.758. The van der Waals surface area contributed by atoms with Gasteiger partial charge in [-0.2, -0.15) is 0 Å². The van der Waals surface area contributed by atoms with Gasteiger partial charge in [0.25, 0.3) is 0 Å². The number of carbonyl (C=O) groups is 2. The number of aromatic nitrogens is 1. The molecular formula is C15H10BrNO2. The highest BCUT2D eigenvalue weighted by Crippen LogP contribution is 2.36. The van der Waals surface area contributed by atoms with Crippen molar-refractivity contribution in [1.82, 2.24) is 4.98 Å². The van der Waals surface area contributed by atoms with E-state index in [1.165, 1.54) is 0 Å². The summed E-state index contributed by atoms with van der Waals surface area (Å²) in [4.78, 5) is 28.9. The highest BCUT2D eigenvalue weighted by atomic mass is 79.9. The van der Waals surface area contributed by atoms with Crippen molar-refractivity contribution >= 4 is 27.5 Å². The highest BCUT2D eigenvalue weighted by Gasteiger charge is 2.40. The van der Waals surface area contributed by atoms with Crippen molar-refractivity contribution in [3.63, 3.8) is 0 Å². The summed E-state index contributed by atoms with van der Waals surface area (Å²) in [6, 6.07) is 6.96.